The molecule has 0 bridgehead atoms. The molecular weight excluding hydrogens is 513 g/mol. The molecule has 1 saturated carbocycles. The van der Waals surface area contributed by atoms with E-state index in [1.807, 2.05) is 6.20 Å². The number of nitrogens with one attached hydrogen (secondary N) is 3. The van der Waals surface area contributed by atoms with Gasteiger partial charge in [-0.2, -0.15) is 0 Å². The predicted molar refractivity (Wildman–Crippen MR) is 150 cm³/mol. The molecule has 0 unspecified atom stereocenters. The maximum Gasteiger partial charge on any atom is 0.408 e. The zero-order valence-electron chi connectivity index (χ0n) is 23.6. The van der Waals surface area contributed by atoms with Crippen LogP contribution in [0.3, 0.4) is 0 Å². The lowest BCUT2D eigenvalue weighted by atomic mass is 10.0. The molecule has 3 aromatic rings. The van der Waals surface area contributed by atoms with E-state index < -0.39 is 23.6 Å². The molecule has 1 aliphatic heterocycles. The Kier molecular flexibility index (Phi) is 7.98. The molecule has 1 atom stereocenters. The standard InChI is InChI=1S/C30H38FN5O4/c1-30(2,3)40-29(38)35-23(28(37)34-20-10-13-36(4)14-11-20)16-18-5-8-24(22(31)15-18)39-25-9-12-32-27-26(25)21(17-33-27)19-6-7-19/h5,8-9,12,15,17,19-20,23H,6-7,10-11,13-14,16H2,1-4H3,(H,32,33)(H,34,37)(H,35,38)/t23-/m0/s1. The van der Waals surface area contributed by atoms with Gasteiger partial charge >= 0.3 is 6.09 Å². The Bertz CT molecular complexity index is 1370. The summed E-state index contributed by atoms with van der Waals surface area (Å²) in [7, 11) is 2.05. The van der Waals surface area contributed by atoms with Crippen molar-refractivity contribution in [3.8, 4) is 11.5 Å². The van der Waals surface area contributed by atoms with E-state index in [2.05, 4.69) is 32.5 Å². The lowest BCUT2D eigenvalue weighted by molar-refractivity contribution is -0.124. The van der Waals surface area contributed by atoms with Gasteiger partial charge in [0.2, 0.25) is 5.91 Å². The summed E-state index contributed by atoms with van der Waals surface area (Å²) in [5.41, 5.74) is 1.68. The summed E-state index contributed by atoms with van der Waals surface area (Å²) in [6, 6.07) is 5.44. The second-order valence-corrected chi connectivity index (χ2v) is 11.9. The maximum atomic E-state index is 15.3. The topological polar surface area (TPSA) is 109 Å². The predicted octanol–water partition coefficient (Wildman–Crippen LogP) is 5.02. The van der Waals surface area contributed by atoms with Gasteiger partial charge in [-0.15, -0.1) is 0 Å². The van der Waals surface area contributed by atoms with Crippen LogP contribution < -0.4 is 15.4 Å². The third kappa shape index (κ3) is 6.91. The highest BCUT2D eigenvalue weighted by molar-refractivity contribution is 5.88. The van der Waals surface area contributed by atoms with Crippen LogP contribution in [0.15, 0.2) is 36.7 Å². The number of fused-ring (bicyclic) bond motifs is 1. The number of rotatable bonds is 8. The molecule has 2 amide bonds. The molecule has 3 N–H and O–H groups in total. The zero-order valence-corrected chi connectivity index (χ0v) is 23.6. The van der Waals surface area contributed by atoms with Gasteiger partial charge in [-0.3, -0.25) is 4.79 Å². The normalized spacial score (nSPS) is 17.4. The molecule has 3 heterocycles. The molecule has 0 radical (unpaired) electrons. The van der Waals surface area contributed by atoms with Crippen molar-refractivity contribution < 1.29 is 23.5 Å². The van der Waals surface area contributed by atoms with Gasteiger partial charge in [0.15, 0.2) is 11.6 Å². The number of hydrogen-bond donors (Lipinski definition) is 3. The Morgan fingerprint density at radius 2 is 1.90 bits per heavy atom. The number of amides is 2. The minimum absolute atomic E-state index is 0.0188. The number of alkyl carbamates (subject to hydrolysis) is 1. The highest BCUT2D eigenvalue weighted by atomic mass is 19.1. The van der Waals surface area contributed by atoms with Gasteiger partial charge in [0, 0.05) is 24.9 Å². The van der Waals surface area contributed by atoms with Gasteiger partial charge < -0.3 is 30.0 Å². The number of H-pyrrole nitrogens is 1. The van der Waals surface area contributed by atoms with Crippen molar-refractivity contribution in [1.29, 1.82) is 0 Å². The first-order valence-electron chi connectivity index (χ1n) is 14.0. The summed E-state index contributed by atoms with van der Waals surface area (Å²) in [4.78, 5) is 35.6. The number of benzene rings is 1. The quantitative estimate of drug-likeness (QED) is 0.363. The molecule has 214 valence electrons. The Morgan fingerprint density at radius 1 is 1.15 bits per heavy atom. The number of hydrogen-bond acceptors (Lipinski definition) is 6. The second kappa shape index (κ2) is 11.4. The number of likely N-dealkylation sites (tertiary alicyclic amines) is 1. The number of halogens is 1. The molecule has 9 nitrogen and oxygen atoms in total. The van der Waals surface area contributed by atoms with Crippen LogP contribution in [0.1, 0.15) is 63.5 Å². The number of nitrogens with zero attached hydrogens (tertiary/aromatic N) is 2. The van der Waals surface area contributed by atoms with Crippen molar-refractivity contribution in [2.24, 2.45) is 0 Å². The Hall–Kier alpha value is -3.66. The number of piperidine rings is 1. The van der Waals surface area contributed by atoms with Gasteiger partial charge in [-0.05, 0) is 102 Å². The Balaban J connectivity index is 1.31. The highest BCUT2D eigenvalue weighted by Gasteiger charge is 2.29. The van der Waals surface area contributed by atoms with Gasteiger partial charge in [-0.1, -0.05) is 6.07 Å². The average Bonchev–Trinajstić information content (AvgIpc) is 3.64. The molecule has 2 fully saturated rings. The van der Waals surface area contributed by atoms with Crippen molar-refractivity contribution in [2.45, 2.75) is 76.5 Å². The number of carbonyl (C=O) groups is 2. The fourth-order valence-corrected chi connectivity index (χ4v) is 5.07. The van der Waals surface area contributed by atoms with E-state index in [4.69, 9.17) is 9.47 Å². The van der Waals surface area contributed by atoms with Crippen LogP contribution in [0.5, 0.6) is 11.5 Å². The van der Waals surface area contributed by atoms with Crippen LogP contribution in [0.25, 0.3) is 11.0 Å². The van der Waals surface area contributed by atoms with E-state index in [0.717, 1.165) is 49.7 Å². The first-order valence-corrected chi connectivity index (χ1v) is 14.0. The first-order chi connectivity index (χ1) is 19.1. The van der Waals surface area contributed by atoms with Gasteiger partial charge in [0.05, 0.1) is 5.39 Å². The van der Waals surface area contributed by atoms with Crippen molar-refractivity contribution in [1.82, 2.24) is 25.5 Å². The third-order valence-corrected chi connectivity index (χ3v) is 7.31. The van der Waals surface area contributed by atoms with E-state index in [1.165, 1.54) is 6.07 Å². The summed E-state index contributed by atoms with van der Waals surface area (Å²) >= 11 is 0. The number of aromatic nitrogens is 2. The van der Waals surface area contributed by atoms with Crippen LogP contribution in [0, 0.1) is 5.82 Å². The Morgan fingerprint density at radius 3 is 2.58 bits per heavy atom. The summed E-state index contributed by atoms with van der Waals surface area (Å²) in [5, 5.41) is 6.62. The molecule has 5 rings (SSSR count). The SMILES string of the molecule is CN1CCC(NC(=O)[C@H](Cc2ccc(Oc3ccnc4[nH]cc(C5CC5)c34)c(F)c2)NC(=O)OC(C)(C)C)CC1. The van der Waals surface area contributed by atoms with Crippen LogP contribution in [0.2, 0.25) is 0 Å². The smallest absolute Gasteiger partial charge is 0.408 e. The molecule has 1 saturated heterocycles. The molecular formula is C30H38FN5O4. The van der Waals surface area contributed by atoms with E-state index >= 15 is 4.39 Å². The molecule has 1 aromatic carbocycles. The maximum absolute atomic E-state index is 15.3. The lowest BCUT2D eigenvalue weighted by Crippen LogP contribution is -2.53. The summed E-state index contributed by atoms with van der Waals surface area (Å²) in [5.74, 6) is 0.217. The fraction of sp³-hybridized carbons (Fsp3) is 0.500. The molecule has 40 heavy (non-hydrogen) atoms. The highest BCUT2D eigenvalue weighted by Crippen LogP contribution is 2.45. The number of carbonyl (C=O) groups excluding carboxylic acids is 2. The minimum Gasteiger partial charge on any atom is -0.453 e. The molecule has 2 aromatic heterocycles. The van der Waals surface area contributed by atoms with Crippen LogP contribution in [-0.4, -0.2) is 64.7 Å². The van der Waals surface area contributed by atoms with Crippen molar-refractivity contribution in [3.05, 3.63) is 53.6 Å². The largest absolute Gasteiger partial charge is 0.453 e. The minimum atomic E-state index is -0.929. The summed E-state index contributed by atoms with van der Waals surface area (Å²) in [6.07, 6.45) is 6.88. The van der Waals surface area contributed by atoms with E-state index in [1.54, 1.807) is 45.2 Å². The van der Waals surface area contributed by atoms with Crippen molar-refractivity contribution >= 4 is 23.0 Å². The van der Waals surface area contributed by atoms with E-state index in [9.17, 15) is 9.59 Å². The van der Waals surface area contributed by atoms with Crippen molar-refractivity contribution in [2.75, 3.05) is 20.1 Å². The molecule has 1 aliphatic carbocycles. The zero-order chi connectivity index (χ0) is 28.4. The van der Waals surface area contributed by atoms with Gasteiger partial charge in [-0.25, -0.2) is 14.2 Å². The molecule has 10 heteroatoms. The fourth-order valence-electron chi connectivity index (χ4n) is 5.07. The lowest BCUT2D eigenvalue weighted by Gasteiger charge is -2.31. The first kappa shape index (κ1) is 27.9. The Labute approximate surface area is 233 Å². The van der Waals surface area contributed by atoms with Gasteiger partial charge in [0.25, 0.3) is 0 Å². The van der Waals surface area contributed by atoms with E-state index in [-0.39, 0.29) is 24.1 Å². The summed E-state index contributed by atoms with van der Waals surface area (Å²) in [6.45, 7) is 7.04. The summed E-state index contributed by atoms with van der Waals surface area (Å²) < 4.78 is 26.7. The van der Waals surface area contributed by atoms with Crippen molar-refractivity contribution in [3.63, 3.8) is 0 Å². The second-order valence-electron chi connectivity index (χ2n) is 11.9. The van der Waals surface area contributed by atoms with Gasteiger partial charge in [0.1, 0.15) is 23.0 Å². The van der Waals surface area contributed by atoms with Crippen LogP contribution >= 0.6 is 0 Å². The third-order valence-electron chi connectivity index (χ3n) is 7.31. The van der Waals surface area contributed by atoms with Crippen LogP contribution in [-0.2, 0) is 16.0 Å². The van der Waals surface area contributed by atoms with Crippen LogP contribution in [0.4, 0.5) is 9.18 Å². The monoisotopic (exact) mass is 551 g/mol. The number of ether oxygens (including phenoxy) is 2. The number of pyridine rings is 1. The molecule has 0 spiro atoms. The number of aromatic amines is 1. The average molecular weight is 552 g/mol. The molecule has 2 aliphatic rings. The van der Waals surface area contributed by atoms with E-state index in [0.29, 0.717) is 22.9 Å².